The molecule has 1 atom stereocenters. The first-order valence-electron chi connectivity index (χ1n) is 7.34. The van der Waals surface area contributed by atoms with E-state index in [4.69, 9.17) is 10.4 Å². The number of hydrogen-bond donors (Lipinski definition) is 2. The number of nitrogens with zero attached hydrogens (tertiary/aromatic N) is 2. The van der Waals surface area contributed by atoms with Crippen molar-refractivity contribution in [2.75, 3.05) is 31.6 Å². The van der Waals surface area contributed by atoms with Gasteiger partial charge in [0.25, 0.3) is 0 Å². The lowest BCUT2D eigenvalue weighted by atomic mass is 9.95. The summed E-state index contributed by atoms with van der Waals surface area (Å²) in [5, 5.41) is 20.7. The van der Waals surface area contributed by atoms with E-state index >= 15 is 0 Å². The van der Waals surface area contributed by atoms with E-state index in [2.05, 4.69) is 16.3 Å². The third-order valence-corrected chi connectivity index (χ3v) is 3.78. The zero-order chi connectivity index (χ0) is 15.1. The second kappa shape index (κ2) is 7.77. The maximum absolute atomic E-state index is 12.1. The van der Waals surface area contributed by atoms with Gasteiger partial charge >= 0.3 is 0 Å². The van der Waals surface area contributed by atoms with Crippen molar-refractivity contribution in [2.45, 2.75) is 19.3 Å². The number of anilines is 1. The molecule has 1 unspecified atom stereocenters. The van der Waals surface area contributed by atoms with E-state index < -0.39 is 0 Å². The van der Waals surface area contributed by atoms with Crippen LogP contribution in [0.1, 0.15) is 24.8 Å². The minimum Gasteiger partial charge on any atom is -0.396 e. The molecule has 1 aromatic rings. The molecule has 0 bridgehead atoms. The van der Waals surface area contributed by atoms with Crippen LogP contribution in [0.2, 0.25) is 0 Å². The Kier molecular flexibility index (Phi) is 5.73. The second-order valence-corrected chi connectivity index (χ2v) is 5.50. The van der Waals surface area contributed by atoms with Crippen molar-refractivity contribution in [2.24, 2.45) is 5.92 Å². The summed E-state index contributed by atoms with van der Waals surface area (Å²) >= 11 is 0. The number of piperidine rings is 1. The molecule has 1 saturated heterocycles. The van der Waals surface area contributed by atoms with Gasteiger partial charge in [-0.2, -0.15) is 5.26 Å². The van der Waals surface area contributed by atoms with Crippen LogP contribution >= 0.6 is 0 Å². The maximum atomic E-state index is 12.1. The highest BCUT2D eigenvalue weighted by Gasteiger charge is 2.21. The fourth-order valence-electron chi connectivity index (χ4n) is 2.78. The lowest BCUT2D eigenvalue weighted by Gasteiger charge is -2.31. The summed E-state index contributed by atoms with van der Waals surface area (Å²) in [5.74, 6) is 0.424. The summed E-state index contributed by atoms with van der Waals surface area (Å²) in [6.07, 6.45) is 3.01. The minimum absolute atomic E-state index is 0.0604. The van der Waals surface area contributed by atoms with Gasteiger partial charge in [0.05, 0.1) is 18.2 Å². The van der Waals surface area contributed by atoms with Crippen molar-refractivity contribution < 1.29 is 9.90 Å². The number of aliphatic hydroxyl groups is 1. The lowest BCUT2D eigenvalue weighted by Crippen LogP contribution is -2.40. The molecular weight excluding hydrogens is 266 g/mol. The Labute approximate surface area is 125 Å². The molecular formula is C16H21N3O2. The Bertz CT molecular complexity index is 522. The van der Waals surface area contributed by atoms with Gasteiger partial charge in [-0.15, -0.1) is 0 Å². The average Bonchev–Trinajstić information content (AvgIpc) is 2.48. The van der Waals surface area contributed by atoms with Crippen molar-refractivity contribution >= 4 is 11.6 Å². The molecule has 0 saturated carbocycles. The number of carbonyl (C=O) groups excluding carboxylic acids is 1. The first-order valence-corrected chi connectivity index (χ1v) is 7.34. The molecule has 21 heavy (non-hydrogen) atoms. The molecule has 0 aliphatic carbocycles. The third kappa shape index (κ3) is 4.85. The van der Waals surface area contributed by atoms with Gasteiger partial charge in [-0.25, -0.2) is 0 Å². The number of aliphatic hydroxyl groups excluding tert-OH is 1. The summed E-state index contributed by atoms with van der Waals surface area (Å²) in [6.45, 7) is 2.37. The van der Waals surface area contributed by atoms with E-state index in [0.29, 0.717) is 23.7 Å². The van der Waals surface area contributed by atoms with E-state index in [1.165, 1.54) is 0 Å². The number of rotatable bonds is 5. The molecule has 1 aliphatic heterocycles. The topological polar surface area (TPSA) is 76.4 Å². The highest BCUT2D eigenvalue weighted by Crippen LogP contribution is 2.19. The fourth-order valence-corrected chi connectivity index (χ4v) is 2.78. The highest BCUT2D eigenvalue weighted by atomic mass is 16.3. The maximum Gasteiger partial charge on any atom is 0.238 e. The molecule has 2 rings (SSSR count). The summed E-state index contributed by atoms with van der Waals surface area (Å²) in [7, 11) is 0. The lowest BCUT2D eigenvalue weighted by molar-refractivity contribution is -0.117. The predicted molar refractivity (Wildman–Crippen MR) is 80.7 cm³/mol. The number of amides is 1. The van der Waals surface area contributed by atoms with Crippen LogP contribution in [0.3, 0.4) is 0 Å². The van der Waals surface area contributed by atoms with E-state index in [9.17, 15) is 4.79 Å². The van der Waals surface area contributed by atoms with Crippen molar-refractivity contribution in [3.63, 3.8) is 0 Å². The fraction of sp³-hybridized carbons (Fsp3) is 0.500. The van der Waals surface area contributed by atoms with Gasteiger partial charge in [-0.05, 0) is 49.9 Å². The largest absolute Gasteiger partial charge is 0.396 e. The zero-order valence-corrected chi connectivity index (χ0v) is 12.1. The first kappa shape index (κ1) is 15.5. The van der Waals surface area contributed by atoms with E-state index in [-0.39, 0.29) is 12.5 Å². The number of hydrogen-bond acceptors (Lipinski definition) is 4. The third-order valence-electron chi connectivity index (χ3n) is 3.78. The Morgan fingerprint density at radius 3 is 3.14 bits per heavy atom. The van der Waals surface area contributed by atoms with Gasteiger partial charge in [-0.3, -0.25) is 9.69 Å². The zero-order valence-electron chi connectivity index (χ0n) is 12.1. The number of nitrogens with one attached hydrogen (secondary N) is 1. The molecule has 1 aliphatic rings. The Morgan fingerprint density at radius 2 is 2.38 bits per heavy atom. The van der Waals surface area contributed by atoms with Gasteiger partial charge in [0.1, 0.15) is 0 Å². The molecule has 5 heteroatoms. The van der Waals surface area contributed by atoms with Crippen molar-refractivity contribution in [3.8, 4) is 6.07 Å². The van der Waals surface area contributed by atoms with E-state index in [0.717, 1.165) is 32.4 Å². The number of likely N-dealkylation sites (tertiary alicyclic amines) is 1. The van der Waals surface area contributed by atoms with Gasteiger partial charge in [0.2, 0.25) is 5.91 Å². The number of carbonyl (C=O) groups is 1. The summed E-state index contributed by atoms with van der Waals surface area (Å²) in [5.41, 5.74) is 1.19. The molecule has 112 valence electrons. The Hall–Kier alpha value is -1.90. The van der Waals surface area contributed by atoms with Crippen LogP contribution in [0.4, 0.5) is 5.69 Å². The molecule has 0 aromatic heterocycles. The SMILES string of the molecule is N#Cc1cccc(NC(=O)CN2CCCC(CCO)C2)c1. The summed E-state index contributed by atoms with van der Waals surface area (Å²) < 4.78 is 0. The minimum atomic E-state index is -0.0604. The van der Waals surface area contributed by atoms with Gasteiger partial charge in [0, 0.05) is 18.8 Å². The Balaban J connectivity index is 1.85. The quantitative estimate of drug-likeness (QED) is 0.862. The van der Waals surface area contributed by atoms with Crippen LogP contribution in [0.5, 0.6) is 0 Å². The summed E-state index contributed by atoms with van der Waals surface area (Å²) in [4.78, 5) is 14.2. The molecule has 1 fully saturated rings. The van der Waals surface area contributed by atoms with Gasteiger partial charge in [-0.1, -0.05) is 6.07 Å². The molecule has 5 nitrogen and oxygen atoms in total. The standard InChI is InChI=1S/C16H21N3O2/c17-10-14-3-1-5-15(9-14)18-16(21)12-19-7-2-4-13(11-19)6-8-20/h1,3,5,9,13,20H,2,4,6-8,11-12H2,(H,18,21). The van der Waals surface area contributed by atoms with E-state index in [1.54, 1.807) is 24.3 Å². The molecule has 1 heterocycles. The van der Waals surface area contributed by atoms with E-state index in [1.807, 2.05) is 0 Å². The van der Waals surface area contributed by atoms with Crippen LogP contribution < -0.4 is 5.32 Å². The first-order chi connectivity index (χ1) is 10.2. The van der Waals surface area contributed by atoms with Crippen LogP contribution in [-0.2, 0) is 4.79 Å². The normalized spacial score (nSPS) is 19.0. The van der Waals surface area contributed by atoms with Crippen molar-refractivity contribution in [1.29, 1.82) is 5.26 Å². The van der Waals surface area contributed by atoms with Crippen molar-refractivity contribution in [3.05, 3.63) is 29.8 Å². The molecule has 2 N–H and O–H groups in total. The molecule has 0 spiro atoms. The molecule has 1 aromatic carbocycles. The second-order valence-electron chi connectivity index (χ2n) is 5.50. The summed E-state index contributed by atoms with van der Waals surface area (Å²) in [6, 6.07) is 8.97. The highest BCUT2D eigenvalue weighted by molar-refractivity contribution is 5.92. The number of benzene rings is 1. The van der Waals surface area contributed by atoms with Crippen LogP contribution in [0.15, 0.2) is 24.3 Å². The Morgan fingerprint density at radius 1 is 1.52 bits per heavy atom. The smallest absolute Gasteiger partial charge is 0.238 e. The van der Waals surface area contributed by atoms with Crippen LogP contribution in [0, 0.1) is 17.2 Å². The van der Waals surface area contributed by atoms with Gasteiger partial charge < -0.3 is 10.4 Å². The monoisotopic (exact) mass is 287 g/mol. The van der Waals surface area contributed by atoms with Crippen molar-refractivity contribution in [1.82, 2.24) is 4.90 Å². The predicted octanol–water partition coefficient (Wildman–Crippen LogP) is 1.59. The van der Waals surface area contributed by atoms with Gasteiger partial charge in [0.15, 0.2) is 0 Å². The van der Waals surface area contributed by atoms with Crippen LogP contribution in [-0.4, -0.2) is 42.2 Å². The molecule has 0 radical (unpaired) electrons. The average molecular weight is 287 g/mol. The molecule has 1 amide bonds. The number of nitriles is 1. The van der Waals surface area contributed by atoms with Crippen LogP contribution in [0.25, 0.3) is 0 Å².